The maximum Gasteiger partial charge on any atom is 0.417 e. The highest BCUT2D eigenvalue weighted by atomic mass is 35.5. The van der Waals surface area contributed by atoms with Crippen LogP contribution in [0.4, 0.5) is 10.5 Å². The Morgan fingerprint density at radius 1 is 1.57 bits per heavy atom. The third-order valence-electron chi connectivity index (χ3n) is 4.70. The van der Waals surface area contributed by atoms with E-state index in [-0.39, 0.29) is 0 Å². The fraction of sp³-hybridized carbons (Fsp3) is 0.500. The molecule has 1 aliphatic heterocycles. The van der Waals surface area contributed by atoms with Crippen LogP contribution in [-0.4, -0.2) is 36.2 Å². The zero-order chi connectivity index (χ0) is 16.8. The lowest BCUT2D eigenvalue weighted by molar-refractivity contribution is -0.107. The topological polar surface area (TPSA) is 82.8 Å². The highest BCUT2D eigenvalue weighted by Crippen LogP contribution is 2.46. The van der Waals surface area contributed by atoms with Crippen LogP contribution in [0.25, 0.3) is 0 Å². The molecule has 1 saturated carbocycles. The number of nitriles is 1. The maximum absolute atomic E-state index is 12.5. The number of benzene rings is 1. The van der Waals surface area contributed by atoms with E-state index in [1.165, 1.54) is 12.0 Å². The van der Waals surface area contributed by atoms with Crippen molar-refractivity contribution in [2.45, 2.75) is 44.1 Å². The molecule has 2 aliphatic rings. The van der Waals surface area contributed by atoms with Gasteiger partial charge in [-0.2, -0.15) is 5.26 Å². The Bertz CT molecular complexity index is 702. The van der Waals surface area contributed by atoms with Gasteiger partial charge in [0.05, 0.1) is 22.4 Å². The number of halogens is 1. The smallest absolute Gasteiger partial charge is 0.417 e. The summed E-state index contributed by atoms with van der Waals surface area (Å²) < 4.78 is 11.1. The Labute approximate surface area is 139 Å². The second-order valence-electron chi connectivity index (χ2n) is 5.87. The number of amides is 1. The molecule has 1 spiro atoms. The zero-order valence-electron chi connectivity index (χ0n) is 12.9. The molecule has 0 radical (unpaired) electrons. The molecule has 1 aromatic carbocycles. The molecule has 1 saturated heterocycles. The van der Waals surface area contributed by atoms with Crippen molar-refractivity contribution >= 4 is 23.4 Å². The maximum atomic E-state index is 12.5. The van der Waals surface area contributed by atoms with Crippen LogP contribution in [0, 0.1) is 18.3 Å². The quantitative estimate of drug-likeness (QED) is 0.897. The standard InChI is InChI=1S/C16H17ClN2O4/c1-9-11(6-5-10(8-18)13(9)17)19-14(22-2)16(23-15(19)21)7-3-4-12(16)20/h5-6,12,14,20H,3-4,7H2,1-2H3. The number of ether oxygens (including phenoxy) is 2. The minimum atomic E-state index is -1.06. The van der Waals surface area contributed by atoms with Crippen LogP contribution in [-0.2, 0) is 9.47 Å². The lowest BCUT2D eigenvalue weighted by atomic mass is 9.96. The van der Waals surface area contributed by atoms with Crippen LogP contribution in [0.3, 0.4) is 0 Å². The van der Waals surface area contributed by atoms with Crippen LogP contribution >= 0.6 is 11.6 Å². The van der Waals surface area contributed by atoms with E-state index in [2.05, 4.69) is 0 Å². The number of hydrogen-bond acceptors (Lipinski definition) is 5. The van der Waals surface area contributed by atoms with Crippen molar-refractivity contribution in [2.24, 2.45) is 0 Å². The molecule has 0 bridgehead atoms. The Morgan fingerprint density at radius 2 is 2.30 bits per heavy atom. The molecule has 7 heteroatoms. The van der Waals surface area contributed by atoms with Crippen molar-refractivity contribution in [3.8, 4) is 6.07 Å². The molecule has 1 aliphatic carbocycles. The predicted octanol–water partition coefficient (Wildman–Crippen LogP) is 2.73. The Hall–Kier alpha value is -1.81. The fourth-order valence-electron chi connectivity index (χ4n) is 3.52. The van der Waals surface area contributed by atoms with E-state index < -0.39 is 24.0 Å². The third-order valence-corrected chi connectivity index (χ3v) is 5.18. The molecule has 1 amide bonds. The lowest BCUT2D eigenvalue weighted by Crippen LogP contribution is -2.51. The minimum Gasteiger partial charge on any atom is -0.435 e. The van der Waals surface area contributed by atoms with Gasteiger partial charge in [0.15, 0.2) is 11.8 Å². The van der Waals surface area contributed by atoms with Gasteiger partial charge in [-0.05, 0) is 43.9 Å². The molecule has 1 heterocycles. The van der Waals surface area contributed by atoms with Gasteiger partial charge < -0.3 is 14.6 Å². The second-order valence-corrected chi connectivity index (χ2v) is 6.25. The number of aliphatic hydroxyl groups excluding tert-OH is 1. The summed E-state index contributed by atoms with van der Waals surface area (Å²) in [5, 5.41) is 19.7. The predicted molar refractivity (Wildman–Crippen MR) is 83.2 cm³/mol. The number of methoxy groups -OCH3 is 1. The summed E-state index contributed by atoms with van der Waals surface area (Å²) in [6, 6.07) is 5.21. The summed E-state index contributed by atoms with van der Waals surface area (Å²) >= 11 is 6.20. The molecule has 6 nitrogen and oxygen atoms in total. The van der Waals surface area contributed by atoms with Crippen LogP contribution in [0.5, 0.6) is 0 Å². The van der Waals surface area contributed by atoms with Gasteiger partial charge in [0.25, 0.3) is 0 Å². The van der Waals surface area contributed by atoms with Gasteiger partial charge in [-0.25, -0.2) is 9.69 Å². The minimum absolute atomic E-state index is 0.292. The van der Waals surface area contributed by atoms with Crippen LogP contribution in [0.15, 0.2) is 12.1 Å². The molecular weight excluding hydrogens is 320 g/mol. The number of carbonyl (C=O) groups excluding carboxylic acids is 1. The normalized spacial score (nSPS) is 29.9. The van der Waals surface area contributed by atoms with Gasteiger partial charge in [0.1, 0.15) is 6.07 Å². The fourth-order valence-corrected chi connectivity index (χ4v) is 3.72. The van der Waals surface area contributed by atoms with Crippen LogP contribution in [0.2, 0.25) is 5.02 Å². The van der Waals surface area contributed by atoms with Crippen molar-refractivity contribution in [3.63, 3.8) is 0 Å². The molecule has 2 fully saturated rings. The average molecular weight is 337 g/mol. The number of aliphatic hydroxyl groups is 1. The van der Waals surface area contributed by atoms with E-state index >= 15 is 0 Å². The number of nitrogens with zero attached hydrogens (tertiary/aromatic N) is 2. The third kappa shape index (κ3) is 2.19. The van der Waals surface area contributed by atoms with E-state index in [4.69, 9.17) is 26.3 Å². The van der Waals surface area contributed by atoms with Crippen LogP contribution < -0.4 is 4.90 Å². The number of anilines is 1. The Kier molecular flexibility index (Phi) is 3.96. The zero-order valence-corrected chi connectivity index (χ0v) is 13.6. The van der Waals surface area contributed by atoms with Crippen molar-refractivity contribution in [1.29, 1.82) is 5.26 Å². The van der Waals surface area contributed by atoms with E-state index in [1.54, 1.807) is 19.1 Å². The molecule has 122 valence electrons. The van der Waals surface area contributed by atoms with Gasteiger partial charge in [-0.1, -0.05) is 11.6 Å². The van der Waals surface area contributed by atoms with Gasteiger partial charge in [-0.15, -0.1) is 0 Å². The summed E-state index contributed by atoms with van der Waals surface area (Å²) in [4.78, 5) is 13.8. The Morgan fingerprint density at radius 3 is 2.87 bits per heavy atom. The first-order valence-electron chi connectivity index (χ1n) is 7.38. The van der Waals surface area contributed by atoms with Crippen molar-refractivity contribution in [2.75, 3.05) is 12.0 Å². The van der Waals surface area contributed by atoms with Crippen molar-refractivity contribution in [3.05, 3.63) is 28.3 Å². The molecule has 1 N–H and O–H groups in total. The summed E-state index contributed by atoms with van der Waals surface area (Å²) in [7, 11) is 1.48. The van der Waals surface area contributed by atoms with E-state index in [0.29, 0.717) is 34.7 Å². The number of hydrogen-bond donors (Lipinski definition) is 1. The first kappa shape index (κ1) is 16.1. The van der Waals surface area contributed by atoms with Gasteiger partial charge in [0, 0.05) is 7.11 Å². The SMILES string of the molecule is COC1N(c2ccc(C#N)c(Cl)c2C)C(=O)OC12CCCC2O. The molecular formula is C16H17ClN2O4. The van der Waals surface area contributed by atoms with Gasteiger partial charge in [0.2, 0.25) is 0 Å². The summed E-state index contributed by atoms with van der Waals surface area (Å²) in [5.41, 5.74) is 0.389. The van der Waals surface area contributed by atoms with E-state index in [9.17, 15) is 9.90 Å². The first-order valence-corrected chi connectivity index (χ1v) is 7.76. The molecule has 23 heavy (non-hydrogen) atoms. The Balaban J connectivity index is 2.08. The lowest BCUT2D eigenvalue weighted by Gasteiger charge is -2.33. The summed E-state index contributed by atoms with van der Waals surface area (Å²) in [6.07, 6.45) is -0.228. The first-order chi connectivity index (χ1) is 11.0. The molecule has 3 atom stereocenters. The molecule has 3 unspecified atom stereocenters. The molecule has 3 rings (SSSR count). The van der Waals surface area contributed by atoms with E-state index in [0.717, 1.165) is 6.42 Å². The summed E-state index contributed by atoms with van der Waals surface area (Å²) in [6.45, 7) is 1.73. The van der Waals surface area contributed by atoms with Crippen molar-refractivity contribution < 1.29 is 19.4 Å². The van der Waals surface area contributed by atoms with Crippen LogP contribution in [0.1, 0.15) is 30.4 Å². The summed E-state index contributed by atoms with van der Waals surface area (Å²) in [5.74, 6) is 0. The average Bonchev–Trinajstić information content (AvgIpc) is 3.03. The number of carbonyl (C=O) groups is 1. The second kappa shape index (κ2) is 5.68. The van der Waals surface area contributed by atoms with Gasteiger partial charge >= 0.3 is 6.09 Å². The van der Waals surface area contributed by atoms with Crippen molar-refractivity contribution in [1.82, 2.24) is 0 Å². The van der Waals surface area contributed by atoms with E-state index in [1.807, 2.05) is 6.07 Å². The number of rotatable bonds is 2. The largest absolute Gasteiger partial charge is 0.435 e. The monoisotopic (exact) mass is 336 g/mol. The molecule has 0 aromatic heterocycles. The van der Waals surface area contributed by atoms with Gasteiger partial charge in [-0.3, -0.25) is 0 Å². The molecule has 1 aromatic rings. The highest BCUT2D eigenvalue weighted by Gasteiger charge is 2.61. The highest BCUT2D eigenvalue weighted by molar-refractivity contribution is 6.33.